The van der Waals surface area contributed by atoms with Crippen LogP contribution in [0.4, 0.5) is 5.69 Å². The van der Waals surface area contributed by atoms with E-state index >= 15 is 0 Å². The van der Waals surface area contributed by atoms with Crippen molar-refractivity contribution in [2.45, 2.75) is 13.5 Å². The molecule has 0 saturated heterocycles. The molecule has 2 aromatic rings. The quantitative estimate of drug-likeness (QED) is 0.732. The highest BCUT2D eigenvalue weighted by Gasteiger charge is 2.16. The Hall–Kier alpha value is -0.680. The van der Waals surface area contributed by atoms with Gasteiger partial charge in [0.15, 0.2) is 0 Å². The van der Waals surface area contributed by atoms with Gasteiger partial charge in [-0.3, -0.25) is 4.79 Å². The molecule has 1 amide bonds. The second kappa shape index (κ2) is 6.39. The molecule has 1 aromatic heterocycles. The van der Waals surface area contributed by atoms with Crippen molar-refractivity contribution >= 4 is 62.3 Å². The minimum absolute atomic E-state index is 0.288. The van der Waals surface area contributed by atoms with Crippen molar-refractivity contribution in [3.8, 4) is 0 Å². The summed E-state index contributed by atoms with van der Waals surface area (Å²) >= 11 is 21.3. The molecule has 0 spiro atoms. The van der Waals surface area contributed by atoms with Gasteiger partial charge >= 0.3 is 0 Å². The largest absolute Gasteiger partial charge is 0.343 e. The summed E-state index contributed by atoms with van der Waals surface area (Å²) in [7, 11) is 0. The van der Waals surface area contributed by atoms with Gasteiger partial charge in [0.05, 0.1) is 15.7 Å². The Morgan fingerprint density at radius 3 is 2.40 bits per heavy atom. The number of aromatic nitrogens is 1. The van der Waals surface area contributed by atoms with E-state index in [1.54, 1.807) is 6.07 Å². The highest BCUT2D eigenvalue weighted by atomic mass is 79.9. The molecule has 2 rings (SSSR count). The third-order valence-corrected chi connectivity index (χ3v) is 3.93. The molecule has 0 fully saturated rings. The molecule has 0 aliphatic rings. The summed E-state index contributed by atoms with van der Waals surface area (Å²) in [4.78, 5) is 12.3. The Kier molecular flexibility index (Phi) is 5.02. The molecule has 3 nitrogen and oxygen atoms in total. The number of carbonyl (C=O) groups excluding carboxylic acids is 1. The Balaban J connectivity index is 2.32. The van der Waals surface area contributed by atoms with E-state index in [-0.39, 0.29) is 5.91 Å². The molecule has 0 radical (unpaired) electrons. The minimum Gasteiger partial charge on any atom is -0.343 e. The van der Waals surface area contributed by atoms with Crippen LogP contribution in [0.2, 0.25) is 15.1 Å². The lowest BCUT2D eigenvalue weighted by molar-refractivity contribution is 0.101. The normalized spacial score (nSPS) is 10.7. The molecule has 0 unspecified atom stereocenters. The fourth-order valence-electron chi connectivity index (χ4n) is 1.77. The molecular formula is C13H10BrCl3N2O. The number of carbonyl (C=O) groups is 1. The summed E-state index contributed by atoms with van der Waals surface area (Å²) in [5.74, 6) is -0.288. The van der Waals surface area contributed by atoms with Crippen LogP contribution in [0.1, 0.15) is 17.4 Å². The molecule has 0 bridgehead atoms. The Morgan fingerprint density at radius 2 is 1.85 bits per heavy atom. The van der Waals surface area contributed by atoms with Crippen LogP contribution in [0.25, 0.3) is 0 Å². The average molecular weight is 396 g/mol. The number of anilines is 1. The molecule has 1 heterocycles. The summed E-state index contributed by atoms with van der Waals surface area (Å²) in [5.41, 5.74) is 0.865. The van der Waals surface area contributed by atoms with Crippen molar-refractivity contribution in [3.05, 3.63) is 49.6 Å². The first-order chi connectivity index (χ1) is 9.42. The van der Waals surface area contributed by atoms with Crippen LogP contribution in [0.3, 0.4) is 0 Å². The molecular weight excluding hydrogens is 386 g/mol. The lowest BCUT2D eigenvalue weighted by Crippen LogP contribution is -2.16. The minimum atomic E-state index is -0.288. The lowest BCUT2D eigenvalue weighted by atomic mass is 10.3. The Morgan fingerprint density at radius 1 is 1.25 bits per heavy atom. The number of aryl methyl sites for hydroxylation is 1. The second-order valence-electron chi connectivity index (χ2n) is 4.03. The van der Waals surface area contributed by atoms with E-state index in [1.807, 2.05) is 17.7 Å². The number of nitrogens with one attached hydrogen (secondary N) is 1. The number of halogens is 4. The summed E-state index contributed by atoms with van der Waals surface area (Å²) in [6, 6.07) is 4.79. The molecule has 0 saturated carbocycles. The van der Waals surface area contributed by atoms with Crippen molar-refractivity contribution in [2.75, 3.05) is 5.32 Å². The van der Waals surface area contributed by atoms with Crippen molar-refractivity contribution in [1.29, 1.82) is 0 Å². The summed E-state index contributed by atoms with van der Waals surface area (Å²) in [6.45, 7) is 2.63. The van der Waals surface area contributed by atoms with Crippen LogP contribution >= 0.6 is 50.7 Å². The van der Waals surface area contributed by atoms with Gasteiger partial charge in [-0.2, -0.15) is 0 Å². The van der Waals surface area contributed by atoms with Crippen LogP contribution in [0, 0.1) is 0 Å². The summed E-state index contributed by atoms with van der Waals surface area (Å²) in [5, 5.41) is 3.71. The zero-order valence-corrected chi connectivity index (χ0v) is 14.2. The highest BCUT2D eigenvalue weighted by molar-refractivity contribution is 9.10. The van der Waals surface area contributed by atoms with Crippen LogP contribution in [0.5, 0.6) is 0 Å². The Bertz CT molecular complexity index is 647. The van der Waals surface area contributed by atoms with Crippen molar-refractivity contribution < 1.29 is 4.79 Å². The lowest BCUT2D eigenvalue weighted by Gasteiger charge is -2.11. The molecule has 1 N–H and O–H groups in total. The van der Waals surface area contributed by atoms with Gasteiger partial charge in [0.2, 0.25) is 0 Å². The monoisotopic (exact) mass is 394 g/mol. The zero-order valence-electron chi connectivity index (χ0n) is 10.4. The average Bonchev–Trinajstić information content (AvgIpc) is 2.75. The smallest absolute Gasteiger partial charge is 0.272 e. The standard InChI is InChI=1S/C13H10BrCl3N2O/c1-2-19-6-7(14)3-11(19)13(20)18-12-9(16)4-8(15)5-10(12)17/h3-6H,2H2,1H3,(H,18,20). The second-order valence-corrected chi connectivity index (χ2v) is 6.19. The van der Waals surface area contributed by atoms with Crippen LogP contribution in [-0.2, 0) is 6.54 Å². The van der Waals surface area contributed by atoms with Crippen LogP contribution in [-0.4, -0.2) is 10.5 Å². The van der Waals surface area contributed by atoms with Gasteiger partial charge in [-0.25, -0.2) is 0 Å². The van der Waals surface area contributed by atoms with Crippen LogP contribution < -0.4 is 5.32 Å². The van der Waals surface area contributed by atoms with Gasteiger partial charge in [-0.05, 0) is 41.1 Å². The first-order valence-electron chi connectivity index (χ1n) is 5.74. The van der Waals surface area contributed by atoms with E-state index in [0.717, 1.165) is 4.47 Å². The predicted octanol–water partition coefficient (Wildman–Crippen LogP) is 5.48. The van der Waals surface area contributed by atoms with Gasteiger partial charge in [0, 0.05) is 22.2 Å². The van der Waals surface area contributed by atoms with Crippen molar-refractivity contribution in [1.82, 2.24) is 4.57 Å². The van der Waals surface area contributed by atoms with E-state index in [4.69, 9.17) is 34.8 Å². The molecule has 0 atom stereocenters. The third kappa shape index (κ3) is 3.31. The van der Waals surface area contributed by atoms with E-state index in [2.05, 4.69) is 21.2 Å². The van der Waals surface area contributed by atoms with Gasteiger partial charge in [-0.15, -0.1) is 0 Å². The molecule has 106 valence electrons. The van der Waals surface area contributed by atoms with Gasteiger partial charge in [-0.1, -0.05) is 34.8 Å². The first-order valence-corrected chi connectivity index (χ1v) is 7.66. The van der Waals surface area contributed by atoms with Crippen molar-refractivity contribution in [2.24, 2.45) is 0 Å². The zero-order chi connectivity index (χ0) is 14.9. The summed E-state index contributed by atoms with van der Waals surface area (Å²) in [6.07, 6.45) is 1.83. The number of benzene rings is 1. The predicted molar refractivity (Wildman–Crippen MR) is 87.2 cm³/mol. The SMILES string of the molecule is CCn1cc(Br)cc1C(=O)Nc1c(Cl)cc(Cl)cc1Cl. The molecule has 20 heavy (non-hydrogen) atoms. The number of hydrogen-bond donors (Lipinski definition) is 1. The van der Waals surface area contributed by atoms with Crippen molar-refractivity contribution in [3.63, 3.8) is 0 Å². The molecule has 1 aromatic carbocycles. The van der Waals surface area contributed by atoms with E-state index in [0.29, 0.717) is 33.0 Å². The maximum atomic E-state index is 12.3. The van der Waals surface area contributed by atoms with Gasteiger partial charge in [0.25, 0.3) is 5.91 Å². The first kappa shape index (κ1) is 15.7. The van der Waals surface area contributed by atoms with E-state index in [9.17, 15) is 4.79 Å². The molecule has 7 heteroatoms. The number of amides is 1. The van der Waals surface area contributed by atoms with Crippen LogP contribution in [0.15, 0.2) is 28.9 Å². The number of nitrogens with zero attached hydrogens (tertiary/aromatic N) is 1. The molecule has 0 aliphatic heterocycles. The maximum absolute atomic E-state index is 12.3. The number of hydrogen-bond acceptors (Lipinski definition) is 1. The fourth-order valence-corrected chi connectivity index (χ4v) is 3.14. The Labute approximate surface area is 139 Å². The molecule has 0 aliphatic carbocycles. The van der Waals surface area contributed by atoms with Gasteiger partial charge < -0.3 is 9.88 Å². The highest BCUT2D eigenvalue weighted by Crippen LogP contribution is 2.34. The topological polar surface area (TPSA) is 34.0 Å². The summed E-state index contributed by atoms with van der Waals surface area (Å²) < 4.78 is 2.65. The maximum Gasteiger partial charge on any atom is 0.272 e. The van der Waals surface area contributed by atoms with E-state index in [1.165, 1.54) is 12.1 Å². The fraction of sp³-hybridized carbons (Fsp3) is 0.154. The number of rotatable bonds is 3. The third-order valence-electron chi connectivity index (χ3n) is 2.68. The van der Waals surface area contributed by atoms with Gasteiger partial charge in [0.1, 0.15) is 5.69 Å². The van der Waals surface area contributed by atoms with E-state index < -0.39 is 0 Å².